The van der Waals surface area contributed by atoms with Crippen molar-refractivity contribution < 1.29 is 0 Å². The van der Waals surface area contributed by atoms with Crippen molar-refractivity contribution in [2.45, 2.75) is 26.7 Å². The summed E-state index contributed by atoms with van der Waals surface area (Å²) in [7, 11) is 0. The van der Waals surface area contributed by atoms with Crippen LogP contribution in [0.5, 0.6) is 0 Å². The molecular formula is C68H49BrN6. The van der Waals surface area contributed by atoms with Gasteiger partial charge in [-0.15, -0.1) is 0 Å². The third-order valence-electron chi connectivity index (χ3n) is 15.0. The lowest BCUT2D eigenvalue weighted by molar-refractivity contribution is 0.900. The van der Waals surface area contributed by atoms with Gasteiger partial charge in [-0.05, 0) is 140 Å². The van der Waals surface area contributed by atoms with Gasteiger partial charge in [-0.3, -0.25) is 9.13 Å². The number of imidazole rings is 2. The minimum atomic E-state index is 0.852. The van der Waals surface area contributed by atoms with Gasteiger partial charge in [-0.25, -0.2) is 9.97 Å². The number of para-hydroxylation sites is 4. The van der Waals surface area contributed by atoms with Gasteiger partial charge in [0, 0.05) is 28.7 Å². The fraction of sp³-hybridized carbons (Fsp3) is 0.0588. The second kappa shape index (κ2) is 18.2. The van der Waals surface area contributed by atoms with Crippen LogP contribution in [0.1, 0.15) is 25.5 Å². The molecule has 0 N–H and O–H groups in total. The first-order chi connectivity index (χ1) is 37.1. The van der Waals surface area contributed by atoms with Gasteiger partial charge in [0.15, 0.2) is 0 Å². The van der Waals surface area contributed by atoms with Crippen molar-refractivity contribution in [3.63, 3.8) is 0 Å². The summed E-state index contributed by atoms with van der Waals surface area (Å²) in [4.78, 5) is 14.7. The quantitative estimate of drug-likeness (QED) is 0.149. The van der Waals surface area contributed by atoms with Crippen molar-refractivity contribution in [3.8, 4) is 44.8 Å². The minimum Gasteiger partial charge on any atom is -0.306 e. The summed E-state index contributed by atoms with van der Waals surface area (Å²) in [5.41, 5.74) is 21.0. The molecular weight excluding hydrogens is 981 g/mol. The second-order valence-corrected chi connectivity index (χ2v) is 20.1. The van der Waals surface area contributed by atoms with E-state index in [1.807, 2.05) is 0 Å². The number of hydrogen-bond acceptors (Lipinski definition) is 4. The fourth-order valence-corrected chi connectivity index (χ4v) is 12.1. The van der Waals surface area contributed by atoms with Crippen LogP contribution in [-0.2, 0) is 12.8 Å². The number of hydrogen-bond donors (Lipinski definition) is 0. The average molecular weight is 1030 g/mol. The summed E-state index contributed by atoms with van der Waals surface area (Å²) < 4.78 is 5.75. The number of benzene rings is 11. The molecule has 0 aliphatic carbocycles. The van der Waals surface area contributed by atoms with E-state index < -0.39 is 0 Å². The number of aryl methyl sites for hydroxylation is 2. The van der Waals surface area contributed by atoms with Crippen LogP contribution in [0.3, 0.4) is 0 Å². The fourth-order valence-electron chi connectivity index (χ4n) is 11.8. The van der Waals surface area contributed by atoms with Gasteiger partial charge < -0.3 is 9.80 Å². The molecule has 7 heteroatoms. The number of aromatic nitrogens is 4. The molecule has 11 aromatic carbocycles. The van der Waals surface area contributed by atoms with Crippen LogP contribution >= 0.6 is 15.9 Å². The Morgan fingerprint density at radius 2 is 0.760 bits per heavy atom. The first-order valence-corrected chi connectivity index (χ1v) is 26.6. The summed E-state index contributed by atoms with van der Waals surface area (Å²) in [5.74, 6) is 2.17. The molecule has 0 saturated carbocycles. The van der Waals surface area contributed by atoms with E-state index in [0.717, 1.165) is 79.6 Å². The van der Waals surface area contributed by atoms with Gasteiger partial charge in [-0.2, -0.15) is 0 Å². The molecule has 0 saturated heterocycles. The Bertz CT molecular complexity index is 4340. The predicted molar refractivity (Wildman–Crippen MR) is 316 cm³/mol. The maximum absolute atomic E-state index is 5.08. The van der Waals surface area contributed by atoms with Crippen molar-refractivity contribution in [1.29, 1.82) is 0 Å². The van der Waals surface area contributed by atoms with Gasteiger partial charge >= 0.3 is 0 Å². The summed E-state index contributed by atoms with van der Waals surface area (Å²) >= 11 is 3.64. The van der Waals surface area contributed by atoms with Gasteiger partial charge in [-0.1, -0.05) is 181 Å². The standard InChI is InChI=1S/C47H33N3.C21H16BrN3/c1-2-44-48-40-23-14-24-42-47(40)50(44)41-28-26-34(30-43(41)49(42)35-19-10-5-11-20-35)33-25-27-38-39(29-33)46(32-17-8-4-9-18-32)37-22-13-12-21-36(37)45(38)31-15-6-3-7-16-31;1-2-20-23-16-9-6-10-18-21(16)25(20)17-12-11-14(22)13-19(17)24(18)15-7-4-3-5-8-15/h3-30H,2H2,1H3;3-13H,2H2,1H3. The third-order valence-corrected chi connectivity index (χ3v) is 15.4. The molecule has 2 aromatic heterocycles. The van der Waals surface area contributed by atoms with Crippen LogP contribution in [0.25, 0.3) is 88.4 Å². The molecule has 2 aliphatic rings. The number of nitrogens with zero attached hydrogens (tertiary/aromatic N) is 6. The SMILES string of the molecule is CCc1nc2cccc3c2n1-c1ccc(-c2ccc4c(-c5ccccc5)c5ccccc5c(-c5ccccc5)c4c2)cc1N3c1ccccc1.CCc1nc2cccc3c2n1-c1ccc(Br)cc1N3c1ccccc1. The van der Waals surface area contributed by atoms with Gasteiger partial charge in [0.1, 0.15) is 11.6 Å². The molecule has 0 bridgehead atoms. The summed E-state index contributed by atoms with van der Waals surface area (Å²) in [5, 5.41) is 5.03. The molecule has 15 rings (SSSR count). The van der Waals surface area contributed by atoms with E-state index in [2.05, 4.69) is 285 Å². The maximum atomic E-state index is 5.08. The summed E-state index contributed by atoms with van der Waals surface area (Å²) in [6, 6.07) is 85.1. The molecule has 13 aromatic rings. The zero-order valence-corrected chi connectivity index (χ0v) is 43.1. The average Bonchev–Trinajstić information content (AvgIpc) is 4.09. The Morgan fingerprint density at radius 1 is 0.333 bits per heavy atom. The first kappa shape index (κ1) is 44.6. The summed E-state index contributed by atoms with van der Waals surface area (Å²) in [6.07, 6.45) is 1.75. The Labute approximate surface area is 444 Å². The van der Waals surface area contributed by atoms with E-state index in [0.29, 0.717) is 0 Å². The van der Waals surface area contributed by atoms with E-state index in [1.54, 1.807) is 0 Å². The molecule has 358 valence electrons. The van der Waals surface area contributed by atoms with Crippen LogP contribution in [0.2, 0.25) is 0 Å². The van der Waals surface area contributed by atoms with Gasteiger partial charge in [0.05, 0.1) is 56.2 Å². The molecule has 0 fully saturated rings. The number of halogens is 1. The highest BCUT2D eigenvalue weighted by Crippen LogP contribution is 2.51. The highest BCUT2D eigenvalue weighted by Gasteiger charge is 2.31. The van der Waals surface area contributed by atoms with Crippen molar-refractivity contribution in [2.75, 3.05) is 9.80 Å². The van der Waals surface area contributed by atoms with E-state index in [-0.39, 0.29) is 0 Å². The Balaban J connectivity index is 0.000000172. The molecule has 0 spiro atoms. The zero-order valence-electron chi connectivity index (χ0n) is 41.5. The van der Waals surface area contributed by atoms with Gasteiger partial charge in [0.25, 0.3) is 0 Å². The van der Waals surface area contributed by atoms with Crippen molar-refractivity contribution in [3.05, 3.63) is 253 Å². The minimum absolute atomic E-state index is 0.852. The maximum Gasteiger partial charge on any atom is 0.114 e. The highest BCUT2D eigenvalue weighted by atomic mass is 79.9. The molecule has 75 heavy (non-hydrogen) atoms. The molecule has 6 nitrogen and oxygen atoms in total. The van der Waals surface area contributed by atoms with E-state index in [1.165, 1.54) is 71.8 Å². The lowest BCUT2D eigenvalue weighted by Crippen LogP contribution is -2.19. The van der Waals surface area contributed by atoms with Crippen LogP contribution in [-0.4, -0.2) is 19.1 Å². The third kappa shape index (κ3) is 7.21. The number of rotatable bonds is 7. The van der Waals surface area contributed by atoms with Gasteiger partial charge in [0.2, 0.25) is 0 Å². The molecule has 0 radical (unpaired) electrons. The molecule has 0 unspecified atom stereocenters. The van der Waals surface area contributed by atoms with Crippen LogP contribution in [0.4, 0.5) is 34.1 Å². The van der Waals surface area contributed by atoms with Crippen molar-refractivity contribution >= 4 is 93.7 Å². The second-order valence-electron chi connectivity index (χ2n) is 19.2. The van der Waals surface area contributed by atoms with Crippen LogP contribution in [0.15, 0.2) is 241 Å². The predicted octanol–water partition coefficient (Wildman–Crippen LogP) is 18.8. The topological polar surface area (TPSA) is 42.1 Å². The smallest absolute Gasteiger partial charge is 0.114 e. The first-order valence-electron chi connectivity index (χ1n) is 25.8. The van der Waals surface area contributed by atoms with E-state index in [9.17, 15) is 0 Å². The van der Waals surface area contributed by atoms with E-state index >= 15 is 0 Å². The number of anilines is 6. The van der Waals surface area contributed by atoms with Crippen molar-refractivity contribution in [1.82, 2.24) is 19.1 Å². The lowest BCUT2D eigenvalue weighted by Gasteiger charge is -2.33. The largest absolute Gasteiger partial charge is 0.306 e. The molecule has 4 heterocycles. The summed E-state index contributed by atoms with van der Waals surface area (Å²) in [6.45, 7) is 4.35. The lowest BCUT2D eigenvalue weighted by atomic mass is 9.85. The number of fused-ring (bicyclic) bond motifs is 6. The monoisotopic (exact) mass is 1030 g/mol. The molecule has 0 amide bonds. The molecule has 0 atom stereocenters. The Morgan fingerprint density at radius 3 is 1.28 bits per heavy atom. The zero-order chi connectivity index (χ0) is 50.1. The molecule has 2 aliphatic heterocycles. The van der Waals surface area contributed by atoms with Crippen LogP contribution < -0.4 is 9.80 Å². The highest BCUT2D eigenvalue weighted by molar-refractivity contribution is 9.10. The Kier molecular flexibility index (Phi) is 10.8. The van der Waals surface area contributed by atoms with Crippen LogP contribution in [0, 0.1) is 0 Å². The Hall–Kier alpha value is -9.04. The normalized spacial score (nSPS) is 12.3. The van der Waals surface area contributed by atoms with Crippen molar-refractivity contribution in [2.24, 2.45) is 0 Å². The van der Waals surface area contributed by atoms with E-state index in [4.69, 9.17) is 9.97 Å².